The molecule has 1 N–H and O–H groups in total. The molecule has 0 unspecified atom stereocenters. The van der Waals surface area contributed by atoms with Crippen molar-refractivity contribution < 1.29 is 13.2 Å². The summed E-state index contributed by atoms with van der Waals surface area (Å²) in [7, 11) is -0.692. The molecule has 0 saturated heterocycles. The van der Waals surface area contributed by atoms with Gasteiger partial charge in [-0.25, -0.2) is 3.97 Å². The van der Waals surface area contributed by atoms with Gasteiger partial charge >= 0.3 is 10.2 Å². The van der Waals surface area contributed by atoms with Gasteiger partial charge in [-0.15, -0.1) is 0 Å². The third-order valence-electron chi connectivity index (χ3n) is 4.43. The monoisotopic (exact) mass is 367 g/mol. The lowest BCUT2D eigenvalue weighted by Crippen LogP contribution is -2.28. The number of nitrogens with zero attached hydrogens (tertiary/aromatic N) is 2. The van der Waals surface area contributed by atoms with Crippen molar-refractivity contribution in [3.8, 4) is 0 Å². The number of hydrogen-bond acceptors (Lipinski definition) is 3. The van der Waals surface area contributed by atoms with Crippen LogP contribution in [0.1, 0.15) is 11.1 Å². The highest BCUT2D eigenvalue weighted by Gasteiger charge is 2.25. The van der Waals surface area contributed by atoms with E-state index in [1.807, 2.05) is 36.4 Å². The van der Waals surface area contributed by atoms with Crippen molar-refractivity contribution in [3.63, 3.8) is 0 Å². The third-order valence-corrected chi connectivity index (χ3v) is 6.15. The summed E-state index contributed by atoms with van der Waals surface area (Å²) in [5, 5.41) is 3.60. The van der Waals surface area contributed by atoms with E-state index >= 15 is 0 Å². The number of carbonyl (C=O) groups is 1. The molecule has 1 aromatic heterocycles. The summed E-state index contributed by atoms with van der Waals surface area (Å²) in [5.41, 5.74) is 3.33. The normalized spacial score (nSPS) is 15.7. The molecule has 2 heterocycles. The van der Waals surface area contributed by atoms with Gasteiger partial charge in [-0.2, -0.15) is 12.7 Å². The second-order valence-corrected chi connectivity index (χ2v) is 8.26. The highest BCUT2D eigenvalue weighted by Crippen LogP contribution is 2.34. The first-order valence-electron chi connectivity index (χ1n) is 8.05. The van der Waals surface area contributed by atoms with Crippen LogP contribution in [0.15, 0.2) is 54.7 Å². The standard InChI is InChI=1S/C19H17N3O3S/c1-21(2)26(24,25)22-12-13(14-7-4-6-10-18(14)22)11-16-15-8-3-5-9-17(15)20-19(16)23/h3-12H,1-2H3,(H,20,23)/b16-11+. The highest BCUT2D eigenvalue weighted by molar-refractivity contribution is 7.87. The van der Waals surface area contributed by atoms with E-state index in [1.54, 1.807) is 24.4 Å². The molecule has 7 heteroatoms. The van der Waals surface area contributed by atoms with Crippen LogP contribution in [0.4, 0.5) is 5.69 Å². The van der Waals surface area contributed by atoms with Crippen molar-refractivity contribution in [2.45, 2.75) is 0 Å². The van der Waals surface area contributed by atoms with Gasteiger partial charge in [0.2, 0.25) is 0 Å². The zero-order chi connectivity index (χ0) is 18.5. The molecule has 0 radical (unpaired) electrons. The molecule has 2 aromatic carbocycles. The largest absolute Gasteiger partial charge is 0.321 e. The van der Waals surface area contributed by atoms with E-state index < -0.39 is 10.2 Å². The van der Waals surface area contributed by atoms with Gasteiger partial charge in [-0.05, 0) is 18.2 Å². The Labute approximate surface area is 151 Å². The first-order chi connectivity index (χ1) is 12.4. The number of anilines is 1. The first kappa shape index (κ1) is 16.6. The minimum absolute atomic E-state index is 0.196. The van der Waals surface area contributed by atoms with Gasteiger partial charge in [0, 0.05) is 48.1 Å². The maximum absolute atomic E-state index is 12.6. The summed E-state index contributed by atoms with van der Waals surface area (Å²) >= 11 is 0. The van der Waals surface area contributed by atoms with Crippen molar-refractivity contribution in [3.05, 3.63) is 65.9 Å². The Morgan fingerprint density at radius 1 is 1.04 bits per heavy atom. The molecule has 26 heavy (non-hydrogen) atoms. The molecule has 0 aliphatic carbocycles. The molecule has 3 aromatic rings. The summed E-state index contributed by atoms with van der Waals surface area (Å²) in [6, 6.07) is 14.7. The number of hydrogen-bond donors (Lipinski definition) is 1. The average molecular weight is 367 g/mol. The van der Waals surface area contributed by atoms with E-state index in [1.165, 1.54) is 18.1 Å². The van der Waals surface area contributed by atoms with Crippen molar-refractivity contribution in [2.75, 3.05) is 19.4 Å². The first-order valence-corrected chi connectivity index (χ1v) is 9.45. The van der Waals surface area contributed by atoms with Crippen LogP contribution in [0.3, 0.4) is 0 Å². The van der Waals surface area contributed by atoms with E-state index in [-0.39, 0.29) is 5.91 Å². The van der Waals surface area contributed by atoms with Crippen LogP contribution in [0, 0.1) is 0 Å². The molecule has 0 saturated carbocycles. The number of para-hydroxylation sites is 2. The summed E-state index contributed by atoms with van der Waals surface area (Å²) in [6.45, 7) is 0. The van der Waals surface area contributed by atoms with Gasteiger partial charge < -0.3 is 5.32 Å². The Morgan fingerprint density at radius 3 is 2.50 bits per heavy atom. The number of rotatable bonds is 3. The molecule has 0 spiro atoms. The summed E-state index contributed by atoms with van der Waals surface area (Å²) in [5.74, 6) is -0.196. The zero-order valence-electron chi connectivity index (χ0n) is 14.3. The molecule has 132 valence electrons. The fraction of sp³-hybridized carbons (Fsp3) is 0.105. The molecule has 6 nitrogen and oxygen atoms in total. The molecule has 4 rings (SSSR count). The van der Waals surface area contributed by atoms with Crippen LogP contribution in [0.25, 0.3) is 22.6 Å². The Hall–Kier alpha value is -2.90. The fourth-order valence-corrected chi connectivity index (χ4v) is 4.10. The van der Waals surface area contributed by atoms with E-state index in [2.05, 4.69) is 5.32 Å². The predicted molar refractivity (Wildman–Crippen MR) is 103 cm³/mol. The third kappa shape index (κ3) is 2.44. The minimum atomic E-state index is -3.67. The van der Waals surface area contributed by atoms with Gasteiger partial charge in [-0.3, -0.25) is 4.79 Å². The van der Waals surface area contributed by atoms with Gasteiger partial charge in [0.15, 0.2) is 0 Å². The van der Waals surface area contributed by atoms with Gasteiger partial charge in [0.1, 0.15) is 0 Å². The van der Waals surface area contributed by atoms with E-state index in [9.17, 15) is 13.2 Å². The molecule has 1 aliphatic heterocycles. The average Bonchev–Trinajstić information content (AvgIpc) is 3.14. The molecular formula is C19H17N3O3S. The Bertz CT molecular complexity index is 1170. The fourth-order valence-electron chi connectivity index (χ4n) is 3.09. The molecule has 1 amide bonds. The van der Waals surface area contributed by atoms with Crippen LogP contribution < -0.4 is 5.32 Å². The van der Waals surface area contributed by atoms with E-state index in [0.717, 1.165) is 20.9 Å². The molecule has 0 atom stereocenters. The number of benzene rings is 2. The Kier molecular flexibility index (Phi) is 3.71. The second kappa shape index (κ2) is 5.82. The Balaban J connectivity index is 1.96. The van der Waals surface area contributed by atoms with E-state index in [4.69, 9.17) is 0 Å². The lowest BCUT2D eigenvalue weighted by molar-refractivity contribution is -0.110. The number of aromatic nitrogens is 1. The number of carbonyl (C=O) groups excluding carboxylic acids is 1. The second-order valence-electron chi connectivity index (χ2n) is 6.25. The van der Waals surface area contributed by atoms with Crippen LogP contribution in [0.2, 0.25) is 0 Å². The van der Waals surface area contributed by atoms with E-state index in [0.29, 0.717) is 16.7 Å². The van der Waals surface area contributed by atoms with Crippen molar-refractivity contribution in [1.82, 2.24) is 8.28 Å². The predicted octanol–water partition coefficient (Wildman–Crippen LogP) is 2.79. The molecule has 0 fully saturated rings. The molecule has 1 aliphatic rings. The molecular weight excluding hydrogens is 350 g/mol. The van der Waals surface area contributed by atoms with Crippen LogP contribution in [0.5, 0.6) is 0 Å². The van der Waals surface area contributed by atoms with Gasteiger partial charge in [0.05, 0.1) is 5.52 Å². The Morgan fingerprint density at radius 2 is 1.73 bits per heavy atom. The molecule has 0 bridgehead atoms. The summed E-state index contributed by atoms with van der Waals surface area (Å²) in [6.07, 6.45) is 3.30. The van der Waals surface area contributed by atoms with Gasteiger partial charge in [0.25, 0.3) is 5.91 Å². The summed E-state index contributed by atoms with van der Waals surface area (Å²) < 4.78 is 27.7. The van der Waals surface area contributed by atoms with Crippen molar-refractivity contribution in [2.24, 2.45) is 0 Å². The minimum Gasteiger partial charge on any atom is -0.321 e. The van der Waals surface area contributed by atoms with Crippen molar-refractivity contribution in [1.29, 1.82) is 0 Å². The number of amides is 1. The SMILES string of the molecule is CN(C)S(=O)(=O)n1cc(/C=C2/C(=O)Nc3ccccc32)c2ccccc21. The zero-order valence-corrected chi connectivity index (χ0v) is 15.1. The van der Waals surface area contributed by atoms with Crippen LogP contribution in [-0.4, -0.2) is 36.7 Å². The lowest BCUT2D eigenvalue weighted by atomic mass is 10.0. The highest BCUT2D eigenvalue weighted by atomic mass is 32.2. The number of nitrogens with one attached hydrogen (secondary N) is 1. The van der Waals surface area contributed by atoms with Crippen LogP contribution >= 0.6 is 0 Å². The maximum Gasteiger partial charge on any atom is 0.307 e. The maximum atomic E-state index is 12.6. The van der Waals surface area contributed by atoms with Crippen molar-refractivity contribution >= 4 is 44.4 Å². The quantitative estimate of drug-likeness (QED) is 0.724. The van der Waals surface area contributed by atoms with Crippen LogP contribution in [-0.2, 0) is 15.0 Å². The smallest absolute Gasteiger partial charge is 0.307 e. The lowest BCUT2D eigenvalue weighted by Gasteiger charge is -2.12. The topological polar surface area (TPSA) is 71.4 Å². The number of fused-ring (bicyclic) bond motifs is 2. The summed E-state index contributed by atoms with van der Waals surface area (Å²) in [4.78, 5) is 12.4. The van der Waals surface area contributed by atoms with Gasteiger partial charge in [-0.1, -0.05) is 36.4 Å².